The van der Waals surface area contributed by atoms with E-state index in [4.69, 9.17) is 5.73 Å². The van der Waals surface area contributed by atoms with E-state index in [1.54, 1.807) is 6.07 Å². The zero-order chi connectivity index (χ0) is 18.1. The second-order valence-electron chi connectivity index (χ2n) is 5.97. The number of piperidine rings is 1. The molecule has 0 aliphatic carbocycles. The molecule has 1 saturated heterocycles. The van der Waals surface area contributed by atoms with Gasteiger partial charge >= 0.3 is 0 Å². The minimum absolute atomic E-state index is 0.0747. The first-order chi connectivity index (χ1) is 12.0. The highest BCUT2D eigenvalue weighted by Gasteiger charge is 2.44. The van der Waals surface area contributed by atoms with Crippen LogP contribution in [0.1, 0.15) is 33.6 Å². The van der Waals surface area contributed by atoms with Crippen LogP contribution in [0, 0.1) is 0 Å². The third-order valence-electron chi connectivity index (χ3n) is 4.32. The van der Waals surface area contributed by atoms with E-state index in [9.17, 15) is 24.3 Å². The largest absolute Gasteiger partial charge is 0.394 e. The molecule has 1 aromatic rings. The number of nitrogens with zero attached hydrogens (tertiary/aromatic N) is 1. The Bertz CT molecular complexity index is 759. The number of hydrogen-bond donors (Lipinski definition) is 4. The summed E-state index contributed by atoms with van der Waals surface area (Å²) in [5.41, 5.74) is 6.43. The smallest absolute Gasteiger partial charge is 0.262 e. The maximum absolute atomic E-state index is 12.6. The minimum Gasteiger partial charge on any atom is -0.394 e. The zero-order valence-corrected chi connectivity index (χ0v) is 13.3. The summed E-state index contributed by atoms with van der Waals surface area (Å²) >= 11 is 0. The van der Waals surface area contributed by atoms with E-state index >= 15 is 0 Å². The molecule has 9 nitrogen and oxygen atoms in total. The van der Waals surface area contributed by atoms with Gasteiger partial charge in [-0.3, -0.25) is 29.4 Å². The van der Waals surface area contributed by atoms with Gasteiger partial charge in [-0.05, 0) is 24.6 Å². The van der Waals surface area contributed by atoms with Gasteiger partial charge in [0, 0.05) is 18.7 Å². The molecule has 2 aliphatic heterocycles. The molecule has 1 unspecified atom stereocenters. The summed E-state index contributed by atoms with van der Waals surface area (Å²) in [5.74, 6) is -2.20. The first-order valence-electron chi connectivity index (χ1n) is 7.89. The molecule has 5 N–H and O–H groups in total. The first kappa shape index (κ1) is 17.1. The predicted octanol–water partition coefficient (Wildman–Crippen LogP) is -1.18. The monoisotopic (exact) mass is 346 g/mol. The van der Waals surface area contributed by atoms with Crippen LogP contribution in [0.3, 0.4) is 0 Å². The highest BCUT2D eigenvalue weighted by Crippen LogP contribution is 2.29. The SMILES string of the molecule is NC[C@H](CO)Nc1ccc2c(c1)C(=O)N(C1CCC(=O)NC1=O)C2=O. The molecule has 0 spiro atoms. The summed E-state index contributed by atoms with van der Waals surface area (Å²) in [6, 6.07) is 3.23. The standard InChI is InChI=1S/C16H18N4O5/c17-6-9(7-21)18-8-1-2-10-11(5-8)16(25)20(15(10)24)12-3-4-13(22)19-14(12)23/h1-2,5,9,12,18,21H,3-4,6-7,17H2,(H,19,22,23)/t9-,12?/m1/s1. The van der Waals surface area contributed by atoms with Crippen LogP contribution in [0.15, 0.2) is 18.2 Å². The topological polar surface area (TPSA) is 142 Å². The van der Waals surface area contributed by atoms with Crippen molar-refractivity contribution in [3.05, 3.63) is 29.3 Å². The van der Waals surface area contributed by atoms with Gasteiger partial charge in [0.25, 0.3) is 11.8 Å². The summed E-state index contributed by atoms with van der Waals surface area (Å²) < 4.78 is 0. The van der Waals surface area contributed by atoms with Gasteiger partial charge in [-0.2, -0.15) is 0 Å². The second-order valence-corrected chi connectivity index (χ2v) is 5.97. The molecular weight excluding hydrogens is 328 g/mol. The molecule has 4 amide bonds. The Morgan fingerprint density at radius 1 is 1.24 bits per heavy atom. The molecule has 25 heavy (non-hydrogen) atoms. The van der Waals surface area contributed by atoms with Crippen molar-refractivity contribution in [3.63, 3.8) is 0 Å². The molecule has 3 rings (SSSR count). The summed E-state index contributed by atoms with van der Waals surface area (Å²) in [6.07, 6.45) is 0.187. The Balaban J connectivity index is 1.86. The predicted molar refractivity (Wildman–Crippen MR) is 86.7 cm³/mol. The van der Waals surface area contributed by atoms with Gasteiger partial charge in [0.15, 0.2) is 0 Å². The number of aliphatic hydroxyl groups excluding tert-OH is 1. The lowest BCUT2D eigenvalue weighted by molar-refractivity contribution is -0.136. The van der Waals surface area contributed by atoms with Crippen LogP contribution in [0.25, 0.3) is 0 Å². The third kappa shape index (κ3) is 2.99. The Morgan fingerprint density at radius 3 is 2.60 bits per heavy atom. The summed E-state index contributed by atoms with van der Waals surface area (Å²) in [6.45, 7) is 0.0196. The summed E-state index contributed by atoms with van der Waals surface area (Å²) in [4.78, 5) is 49.3. The van der Waals surface area contributed by atoms with Crippen molar-refractivity contribution in [2.45, 2.75) is 24.9 Å². The average molecular weight is 346 g/mol. The van der Waals surface area contributed by atoms with Crippen LogP contribution in [-0.4, -0.2) is 58.9 Å². The molecule has 2 heterocycles. The van der Waals surface area contributed by atoms with Crippen LogP contribution in [0.5, 0.6) is 0 Å². The van der Waals surface area contributed by atoms with Gasteiger partial charge in [0.1, 0.15) is 6.04 Å². The van der Waals surface area contributed by atoms with Crippen molar-refractivity contribution in [2.24, 2.45) is 5.73 Å². The molecule has 0 saturated carbocycles. The average Bonchev–Trinajstić information content (AvgIpc) is 2.84. The lowest BCUT2D eigenvalue weighted by atomic mass is 10.0. The number of nitrogens with one attached hydrogen (secondary N) is 2. The molecule has 0 aromatic heterocycles. The fourth-order valence-corrected chi connectivity index (χ4v) is 2.98. The Morgan fingerprint density at radius 2 is 1.96 bits per heavy atom. The van der Waals surface area contributed by atoms with E-state index in [1.807, 2.05) is 0 Å². The molecule has 0 radical (unpaired) electrons. The van der Waals surface area contributed by atoms with Crippen LogP contribution >= 0.6 is 0 Å². The number of amides is 4. The number of fused-ring (bicyclic) bond motifs is 1. The summed E-state index contributed by atoms with van der Waals surface area (Å²) in [7, 11) is 0. The normalized spacial score (nSPS) is 21.2. The number of benzene rings is 1. The van der Waals surface area contributed by atoms with Crippen molar-refractivity contribution in [1.82, 2.24) is 10.2 Å². The maximum Gasteiger partial charge on any atom is 0.262 e. The van der Waals surface area contributed by atoms with Gasteiger partial charge in [-0.15, -0.1) is 0 Å². The van der Waals surface area contributed by atoms with Crippen molar-refractivity contribution in [1.29, 1.82) is 0 Å². The number of anilines is 1. The Labute approximate surface area is 143 Å². The molecule has 2 aliphatic rings. The van der Waals surface area contributed by atoms with E-state index in [-0.39, 0.29) is 43.2 Å². The number of carbonyl (C=O) groups excluding carboxylic acids is 4. The van der Waals surface area contributed by atoms with Crippen molar-refractivity contribution < 1.29 is 24.3 Å². The number of nitrogens with two attached hydrogens (primary N) is 1. The second kappa shape index (κ2) is 6.61. The van der Waals surface area contributed by atoms with E-state index in [0.717, 1.165) is 4.90 Å². The van der Waals surface area contributed by atoms with Gasteiger partial charge in [0.05, 0.1) is 23.8 Å². The van der Waals surface area contributed by atoms with E-state index in [2.05, 4.69) is 10.6 Å². The number of aliphatic hydroxyl groups is 1. The number of hydrogen-bond acceptors (Lipinski definition) is 7. The number of carbonyl (C=O) groups is 4. The van der Waals surface area contributed by atoms with Crippen LogP contribution < -0.4 is 16.4 Å². The van der Waals surface area contributed by atoms with Gasteiger partial charge in [-0.25, -0.2) is 0 Å². The molecule has 0 bridgehead atoms. The zero-order valence-electron chi connectivity index (χ0n) is 13.3. The van der Waals surface area contributed by atoms with Gasteiger partial charge < -0.3 is 16.2 Å². The molecular formula is C16H18N4O5. The van der Waals surface area contributed by atoms with Crippen molar-refractivity contribution >= 4 is 29.3 Å². The van der Waals surface area contributed by atoms with Crippen LogP contribution in [0.2, 0.25) is 0 Å². The van der Waals surface area contributed by atoms with Gasteiger partial charge in [0.2, 0.25) is 11.8 Å². The molecule has 1 aromatic carbocycles. The molecule has 2 atom stereocenters. The molecule has 1 fully saturated rings. The van der Waals surface area contributed by atoms with Gasteiger partial charge in [-0.1, -0.05) is 0 Å². The Hall–Kier alpha value is -2.78. The van der Waals surface area contributed by atoms with E-state index < -0.39 is 29.7 Å². The third-order valence-corrected chi connectivity index (χ3v) is 4.32. The fourth-order valence-electron chi connectivity index (χ4n) is 2.98. The quantitative estimate of drug-likeness (QED) is 0.492. The molecule has 9 heteroatoms. The maximum atomic E-state index is 12.6. The first-order valence-corrected chi connectivity index (χ1v) is 7.89. The lowest BCUT2D eigenvalue weighted by Gasteiger charge is -2.27. The molecule has 132 valence electrons. The van der Waals surface area contributed by atoms with E-state index in [1.165, 1.54) is 12.1 Å². The van der Waals surface area contributed by atoms with Crippen molar-refractivity contribution in [3.8, 4) is 0 Å². The van der Waals surface area contributed by atoms with E-state index in [0.29, 0.717) is 5.69 Å². The van der Waals surface area contributed by atoms with Crippen molar-refractivity contribution in [2.75, 3.05) is 18.5 Å². The summed E-state index contributed by atoms with van der Waals surface area (Å²) in [5, 5.41) is 14.3. The Kier molecular flexibility index (Phi) is 4.51. The number of rotatable bonds is 5. The number of imide groups is 2. The minimum atomic E-state index is -0.990. The van der Waals surface area contributed by atoms with Crippen LogP contribution in [0.4, 0.5) is 5.69 Å². The fraction of sp³-hybridized carbons (Fsp3) is 0.375. The lowest BCUT2D eigenvalue weighted by Crippen LogP contribution is -2.54. The van der Waals surface area contributed by atoms with Crippen LogP contribution in [-0.2, 0) is 9.59 Å². The highest BCUT2D eigenvalue weighted by atomic mass is 16.3. The highest BCUT2D eigenvalue weighted by molar-refractivity contribution is 6.23.